The van der Waals surface area contributed by atoms with Crippen molar-refractivity contribution in [2.24, 2.45) is 11.8 Å². The maximum absolute atomic E-state index is 11.0. The summed E-state index contributed by atoms with van der Waals surface area (Å²) in [5.74, 6) is -2.08. The molecule has 0 spiro atoms. The predicted molar refractivity (Wildman–Crippen MR) is 47.2 cm³/mol. The second-order valence-electron chi connectivity index (χ2n) is 3.20. The van der Waals surface area contributed by atoms with Crippen LogP contribution in [-0.2, 0) is 14.3 Å². The van der Waals surface area contributed by atoms with Crippen LogP contribution in [-0.4, -0.2) is 23.7 Å². The third kappa shape index (κ3) is 4.50. The van der Waals surface area contributed by atoms with Crippen LogP contribution in [0.1, 0.15) is 27.2 Å². The molecule has 0 heterocycles. The molecule has 76 valence electrons. The molecule has 0 aromatic rings. The molecule has 0 rings (SSSR count). The highest BCUT2D eigenvalue weighted by Gasteiger charge is 2.24. The third-order valence-electron chi connectivity index (χ3n) is 1.81. The molecule has 0 aliphatic heterocycles. The smallest absolute Gasteiger partial charge is 0.307 e. The van der Waals surface area contributed by atoms with E-state index in [2.05, 4.69) is 4.74 Å². The van der Waals surface area contributed by atoms with Crippen LogP contribution in [0.2, 0.25) is 0 Å². The van der Waals surface area contributed by atoms with Crippen LogP contribution >= 0.6 is 0 Å². The van der Waals surface area contributed by atoms with Crippen LogP contribution in [0.15, 0.2) is 0 Å². The molecule has 0 aliphatic rings. The van der Waals surface area contributed by atoms with Crippen LogP contribution in [0.3, 0.4) is 0 Å². The summed E-state index contributed by atoms with van der Waals surface area (Å²) in [6.45, 7) is 5.54. The highest BCUT2D eigenvalue weighted by atomic mass is 16.5. The molecule has 13 heavy (non-hydrogen) atoms. The second-order valence-corrected chi connectivity index (χ2v) is 3.20. The Labute approximate surface area is 77.9 Å². The average Bonchev–Trinajstić information content (AvgIpc) is 1.99. The first-order valence-corrected chi connectivity index (χ1v) is 4.37. The number of aliphatic carboxylic acids is 1. The Morgan fingerprint density at radius 1 is 1.38 bits per heavy atom. The molecule has 0 bridgehead atoms. The second kappa shape index (κ2) is 5.56. The van der Waals surface area contributed by atoms with Crippen LogP contribution in [0.25, 0.3) is 0 Å². The van der Waals surface area contributed by atoms with E-state index in [0.29, 0.717) is 6.61 Å². The largest absolute Gasteiger partial charge is 0.481 e. The van der Waals surface area contributed by atoms with Crippen molar-refractivity contribution in [2.75, 3.05) is 6.61 Å². The molecule has 0 aromatic carbocycles. The Morgan fingerprint density at radius 2 is 1.92 bits per heavy atom. The van der Waals surface area contributed by atoms with Crippen molar-refractivity contribution in [3.8, 4) is 0 Å². The summed E-state index contributed by atoms with van der Waals surface area (Å²) in [6, 6.07) is 0. The van der Waals surface area contributed by atoms with Crippen molar-refractivity contribution >= 4 is 11.9 Å². The minimum absolute atomic E-state index is 0.0408. The lowest BCUT2D eigenvalue weighted by Crippen LogP contribution is -2.24. The number of carbonyl (C=O) groups is 2. The number of carboxylic acid groups (broad SMARTS) is 1. The van der Waals surface area contributed by atoms with E-state index in [1.807, 2.05) is 0 Å². The number of esters is 1. The molecular weight excluding hydrogens is 172 g/mol. The predicted octanol–water partition coefficient (Wildman–Crippen LogP) is 1.30. The number of carboxylic acids is 1. The topological polar surface area (TPSA) is 63.6 Å². The van der Waals surface area contributed by atoms with Crippen molar-refractivity contribution in [3.05, 3.63) is 0 Å². The molecule has 1 N–H and O–H groups in total. The molecule has 0 saturated heterocycles. The standard InChI is InChI=1S/C9H16O4/c1-4-13-8(10)5-7(6(2)3)9(11)12/h6-7H,4-5H2,1-3H3,(H,11,12)/t7-/m0/s1. The van der Waals surface area contributed by atoms with Gasteiger partial charge in [0.05, 0.1) is 18.9 Å². The van der Waals surface area contributed by atoms with E-state index in [9.17, 15) is 9.59 Å². The number of carbonyl (C=O) groups excluding carboxylic acids is 1. The number of ether oxygens (including phenoxy) is 1. The van der Waals surface area contributed by atoms with Crippen molar-refractivity contribution in [1.29, 1.82) is 0 Å². The third-order valence-corrected chi connectivity index (χ3v) is 1.81. The molecule has 0 radical (unpaired) electrons. The van der Waals surface area contributed by atoms with Gasteiger partial charge in [0.2, 0.25) is 0 Å². The Hall–Kier alpha value is -1.06. The van der Waals surface area contributed by atoms with Crippen LogP contribution in [0.4, 0.5) is 0 Å². The van der Waals surface area contributed by atoms with Crippen LogP contribution in [0.5, 0.6) is 0 Å². The summed E-state index contributed by atoms with van der Waals surface area (Å²) < 4.78 is 4.67. The zero-order chi connectivity index (χ0) is 10.4. The highest BCUT2D eigenvalue weighted by molar-refractivity contribution is 5.78. The van der Waals surface area contributed by atoms with E-state index in [0.717, 1.165) is 0 Å². The molecule has 0 aromatic heterocycles. The number of hydrogen-bond donors (Lipinski definition) is 1. The van der Waals surface area contributed by atoms with Gasteiger partial charge in [-0.05, 0) is 12.8 Å². The maximum Gasteiger partial charge on any atom is 0.307 e. The molecule has 0 amide bonds. The average molecular weight is 188 g/mol. The minimum Gasteiger partial charge on any atom is -0.481 e. The summed E-state index contributed by atoms with van der Waals surface area (Å²) in [6.07, 6.45) is -0.0408. The fraction of sp³-hybridized carbons (Fsp3) is 0.778. The van der Waals surface area contributed by atoms with Gasteiger partial charge in [0, 0.05) is 0 Å². The van der Waals surface area contributed by atoms with E-state index >= 15 is 0 Å². The van der Waals surface area contributed by atoms with Gasteiger partial charge >= 0.3 is 11.9 Å². The first-order valence-electron chi connectivity index (χ1n) is 4.37. The molecule has 0 fully saturated rings. The SMILES string of the molecule is CCOC(=O)C[C@H](C(=O)O)C(C)C. The molecule has 0 unspecified atom stereocenters. The van der Waals surface area contributed by atoms with Gasteiger partial charge < -0.3 is 9.84 Å². The fourth-order valence-electron chi connectivity index (χ4n) is 1.01. The molecule has 1 atom stereocenters. The molecule has 4 nitrogen and oxygen atoms in total. The van der Waals surface area contributed by atoms with Gasteiger partial charge in [-0.2, -0.15) is 0 Å². The summed E-state index contributed by atoms with van der Waals surface area (Å²) >= 11 is 0. The zero-order valence-corrected chi connectivity index (χ0v) is 8.24. The number of hydrogen-bond acceptors (Lipinski definition) is 3. The summed E-state index contributed by atoms with van der Waals surface area (Å²) in [5.41, 5.74) is 0. The van der Waals surface area contributed by atoms with Crippen molar-refractivity contribution in [3.63, 3.8) is 0 Å². The summed E-state index contributed by atoms with van der Waals surface area (Å²) in [5, 5.41) is 8.75. The van der Waals surface area contributed by atoms with Crippen LogP contribution in [0, 0.1) is 11.8 Å². The van der Waals surface area contributed by atoms with Gasteiger partial charge in [0.25, 0.3) is 0 Å². The molecule has 0 aliphatic carbocycles. The van der Waals surface area contributed by atoms with E-state index in [1.54, 1.807) is 20.8 Å². The Balaban J connectivity index is 4.10. The maximum atomic E-state index is 11.0. The summed E-state index contributed by atoms with van der Waals surface area (Å²) in [4.78, 5) is 21.6. The minimum atomic E-state index is -0.942. The molecule has 4 heteroatoms. The quantitative estimate of drug-likeness (QED) is 0.660. The van der Waals surface area contributed by atoms with Gasteiger partial charge in [0.15, 0.2) is 0 Å². The fourth-order valence-corrected chi connectivity index (χ4v) is 1.01. The number of rotatable bonds is 5. The van der Waals surface area contributed by atoms with E-state index in [-0.39, 0.29) is 12.3 Å². The Kier molecular flexibility index (Phi) is 5.11. The highest BCUT2D eigenvalue weighted by Crippen LogP contribution is 2.15. The lowest BCUT2D eigenvalue weighted by Gasteiger charge is -2.14. The van der Waals surface area contributed by atoms with Gasteiger partial charge in [-0.1, -0.05) is 13.8 Å². The van der Waals surface area contributed by atoms with E-state index in [4.69, 9.17) is 5.11 Å². The van der Waals surface area contributed by atoms with Gasteiger partial charge in [-0.3, -0.25) is 9.59 Å². The van der Waals surface area contributed by atoms with Crippen LogP contribution < -0.4 is 0 Å². The molecular formula is C9H16O4. The first-order chi connectivity index (χ1) is 5.99. The van der Waals surface area contributed by atoms with E-state index in [1.165, 1.54) is 0 Å². The zero-order valence-electron chi connectivity index (χ0n) is 8.24. The molecule has 0 saturated carbocycles. The van der Waals surface area contributed by atoms with Crippen molar-refractivity contribution in [1.82, 2.24) is 0 Å². The first kappa shape index (κ1) is 11.9. The summed E-state index contributed by atoms with van der Waals surface area (Å²) in [7, 11) is 0. The van der Waals surface area contributed by atoms with E-state index < -0.39 is 17.9 Å². The Bertz CT molecular complexity index is 186. The van der Waals surface area contributed by atoms with Gasteiger partial charge in [0.1, 0.15) is 0 Å². The van der Waals surface area contributed by atoms with Crippen molar-refractivity contribution in [2.45, 2.75) is 27.2 Å². The monoisotopic (exact) mass is 188 g/mol. The lowest BCUT2D eigenvalue weighted by atomic mass is 9.93. The normalized spacial score (nSPS) is 12.6. The van der Waals surface area contributed by atoms with Crippen molar-refractivity contribution < 1.29 is 19.4 Å². The van der Waals surface area contributed by atoms with Gasteiger partial charge in [-0.15, -0.1) is 0 Å². The lowest BCUT2D eigenvalue weighted by molar-refractivity contribution is -0.152. The Morgan fingerprint density at radius 3 is 2.23 bits per heavy atom. The van der Waals surface area contributed by atoms with Gasteiger partial charge in [-0.25, -0.2) is 0 Å².